The Morgan fingerprint density at radius 1 is 1.50 bits per heavy atom. The first-order valence-corrected chi connectivity index (χ1v) is 8.88. The van der Waals surface area contributed by atoms with Gasteiger partial charge in [0.05, 0.1) is 5.75 Å². The standard InChI is InChI=1S/C8H17NO2S3/c1-14(10,11)5-2-7(9)8-6-12-3-4-13-8/h7-8H,2-6,9H2,1H3. The van der Waals surface area contributed by atoms with Crippen molar-refractivity contribution in [3.05, 3.63) is 0 Å². The highest BCUT2D eigenvalue weighted by Crippen LogP contribution is 2.26. The summed E-state index contributed by atoms with van der Waals surface area (Å²) in [5.74, 6) is 3.62. The van der Waals surface area contributed by atoms with E-state index >= 15 is 0 Å². The van der Waals surface area contributed by atoms with Gasteiger partial charge >= 0.3 is 0 Å². The summed E-state index contributed by atoms with van der Waals surface area (Å²) in [5, 5.41) is 0.440. The van der Waals surface area contributed by atoms with E-state index < -0.39 is 9.84 Å². The van der Waals surface area contributed by atoms with Crippen LogP contribution in [0.1, 0.15) is 6.42 Å². The first kappa shape index (κ1) is 12.7. The fourth-order valence-electron chi connectivity index (χ4n) is 1.29. The molecule has 14 heavy (non-hydrogen) atoms. The van der Waals surface area contributed by atoms with Crippen LogP contribution in [0.5, 0.6) is 0 Å². The predicted octanol–water partition coefficient (Wildman–Crippen LogP) is 0.597. The highest BCUT2D eigenvalue weighted by atomic mass is 32.2. The zero-order chi connectivity index (χ0) is 10.6. The molecule has 0 spiro atoms. The zero-order valence-corrected chi connectivity index (χ0v) is 10.8. The summed E-state index contributed by atoms with van der Waals surface area (Å²) in [5.41, 5.74) is 5.96. The van der Waals surface area contributed by atoms with E-state index in [1.165, 1.54) is 12.0 Å². The molecule has 2 N–H and O–H groups in total. The van der Waals surface area contributed by atoms with Crippen molar-refractivity contribution >= 4 is 33.4 Å². The van der Waals surface area contributed by atoms with Crippen LogP contribution in [-0.2, 0) is 9.84 Å². The maximum atomic E-state index is 11.0. The van der Waals surface area contributed by atoms with Crippen LogP contribution in [0.15, 0.2) is 0 Å². The molecule has 0 saturated carbocycles. The molecule has 1 aliphatic heterocycles. The van der Waals surface area contributed by atoms with Gasteiger partial charge in [0.25, 0.3) is 0 Å². The Kier molecular flexibility index (Phi) is 5.10. The average molecular weight is 255 g/mol. The quantitative estimate of drug-likeness (QED) is 0.797. The molecule has 2 atom stereocenters. The topological polar surface area (TPSA) is 60.2 Å². The van der Waals surface area contributed by atoms with Gasteiger partial charge in [-0.25, -0.2) is 8.42 Å². The molecule has 1 heterocycles. The highest BCUT2D eigenvalue weighted by Gasteiger charge is 2.22. The van der Waals surface area contributed by atoms with E-state index in [1.807, 2.05) is 23.5 Å². The summed E-state index contributed by atoms with van der Waals surface area (Å²) >= 11 is 3.80. The summed E-state index contributed by atoms with van der Waals surface area (Å²) in [7, 11) is -2.85. The molecule has 1 fully saturated rings. The van der Waals surface area contributed by atoms with Crippen LogP contribution in [0.2, 0.25) is 0 Å². The van der Waals surface area contributed by atoms with E-state index in [0.717, 1.165) is 11.5 Å². The molecule has 0 aromatic heterocycles. The Labute approximate surface area is 94.5 Å². The van der Waals surface area contributed by atoms with Gasteiger partial charge in [-0.3, -0.25) is 0 Å². The van der Waals surface area contributed by atoms with E-state index in [1.54, 1.807) is 0 Å². The maximum absolute atomic E-state index is 11.0. The second-order valence-corrected chi connectivity index (χ2v) is 8.32. The van der Waals surface area contributed by atoms with E-state index in [0.29, 0.717) is 11.7 Å². The molecule has 2 unspecified atom stereocenters. The minimum Gasteiger partial charge on any atom is -0.327 e. The molecule has 0 aromatic carbocycles. The smallest absolute Gasteiger partial charge is 0.147 e. The van der Waals surface area contributed by atoms with Gasteiger partial charge in [-0.15, -0.1) is 0 Å². The van der Waals surface area contributed by atoms with Crippen LogP contribution < -0.4 is 5.73 Å². The third-order valence-electron chi connectivity index (χ3n) is 2.14. The first-order valence-electron chi connectivity index (χ1n) is 4.62. The molecule has 0 radical (unpaired) electrons. The van der Waals surface area contributed by atoms with Crippen LogP contribution in [0.3, 0.4) is 0 Å². The molecule has 0 bridgehead atoms. The zero-order valence-electron chi connectivity index (χ0n) is 8.31. The second kappa shape index (κ2) is 5.63. The van der Waals surface area contributed by atoms with Gasteiger partial charge in [0.1, 0.15) is 9.84 Å². The lowest BCUT2D eigenvalue weighted by molar-refractivity contribution is 0.586. The van der Waals surface area contributed by atoms with Crippen LogP contribution in [0, 0.1) is 0 Å². The lowest BCUT2D eigenvalue weighted by Gasteiger charge is -2.26. The molecule has 0 amide bonds. The summed E-state index contributed by atoms with van der Waals surface area (Å²) in [6.07, 6.45) is 1.86. The van der Waals surface area contributed by atoms with E-state index in [-0.39, 0.29) is 11.8 Å². The number of rotatable bonds is 4. The van der Waals surface area contributed by atoms with Gasteiger partial charge in [0.2, 0.25) is 0 Å². The van der Waals surface area contributed by atoms with Crippen molar-refractivity contribution in [1.82, 2.24) is 0 Å². The lowest BCUT2D eigenvalue weighted by atomic mass is 10.2. The van der Waals surface area contributed by atoms with Crippen molar-refractivity contribution < 1.29 is 8.42 Å². The van der Waals surface area contributed by atoms with Crippen molar-refractivity contribution in [1.29, 1.82) is 0 Å². The Balaban J connectivity index is 2.30. The normalized spacial score (nSPS) is 26.0. The Morgan fingerprint density at radius 2 is 2.21 bits per heavy atom. The third kappa shape index (κ3) is 4.91. The van der Waals surface area contributed by atoms with E-state index in [4.69, 9.17) is 5.73 Å². The van der Waals surface area contributed by atoms with Crippen LogP contribution in [0.25, 0.3) is 0 Å². The molecule has 0 aliphatic carbocycles. The van der Waals surface area contributed by atoms with Crippen LogP contribution >= 0.6 is 23.5 Å². The second-order valence-electron chi connectivity index (χ2n) is 3.57. The fourth-order valence-corrected chi connectivity index (χ4v) is 4.85. The summed E-state index contributed by atoms with van der Waals surface area (Å²) in [6, 6.07) is 0.0301. The maximum Gasteiger partial charge on any atom is 0.147 e. The molecule has 6 heteroatoms. The number of thioether (sulfide) groups is 2. The molecule has 0 aromatic rings. The van der Waals surface area contributed by atoms with Gasteiger partial charge in [-0.05, 0) is 6.42 Å². The van der Waals surface area contributed by atoms with Gasteiger partial charge in [0, 0.05) is 34.8 Å². The first-order chi connectivity index (χ1) is 6.49. The number of nitrogens with two attached hydrogens (primary N) is 1. The minimum absolute atomic E-state index is 0.0301. The van der Waals surface area contributed by atoms with Crippen molar-refractivity contribution in [2.45, 2.75) is 17.7 Å². The Bertz CT molecular complexity index is 260. The molecular formula is C8H17NO2S3. The van der Waals surface area contributed by atoms with E-state index in [2.05, 4.69) is 0 Å². The summed E-state index contributed by atoms with van der Waals surface area (Å²) in [6.45, 7) is 0. The number of hydrogen-bond acceptors (Lipinski definition) is 5. The summed E-state index contributed by atoms with van der Waals surface area (Å²) in [4.78, 5) is 0. The fraction of sp³-hybridized carbons (Fsp3) is 1.00. The Morgan fingerprint density at radius 3 is 2.71 bits per heavy atom. The number of sulfone groups is 1. The van der Waals surface area contributed by atoms with E-state index in [9.17, 15) is 8.42 Å². The Hall–Kier alpha value is 0.610. The molecular weight excluding hydrogens is 238 g/mol. The highest BCUT2D eigenvalue weighted by molar-refractivity contribution is 8.06. The van der Waals surface area contributed by atoms with Crippen molar-refractivity contribution in [2.24, 2.45) is 5.73 Å². The predicted molar refractivity (Wildman–Crippen MR) is 65.9 cm³/mol. The van der Waals surface area contributed by atoms with Crippen LogP contribution in [-0.4, -0.2) is 49.0 Å². The van der Waals surface area contributed by atoms with Crippen molar-refractivity contribution in [3.8, 4) is 0 Å². The van der Waals surface area contributed by atoms with Crippen molar-refractivity contribution in [2.75, 3.05) is 29.3 Å². The average Bonchev–Trinajstić information content (AvgIpc) is 2.14. The number of hydrogen-bond donors (Lipinski definition) is 1. The molecule has 1 rings (SSSR count). The van der Waals surface area contributed by atoms with Gasteiger partial charge in [0.15, 0.2) is 0 Å². The third-order valence-corrected chi connectivity index (χ3v) is 6.06. The van der Waals surface area contributed by atoms with Gasteiger partial charge in [-0.2, -0.15) is 23.5 Å². The molecule has 1 saturated heterocycles. The molecule has 3 nitrogen and oxygen atoms in total. The minimum atomic E-state index is -2.85. The van der Waals surface area contributed by atoms with Gasteiger partial charge in [-0.1, -0.05) is 0 Å². The van der Waals surface area contributed by atoms with Crippen molar-refractivity contribution in [3.63, 3.8) is 0 Å². The summed E-state index contributed by atoms with van der Waals surface area (Å²) < 4.78 is 21.9. The largest absolute Gasteiger partial charge is 0.327 e. The van der Waals surface area contributed by atoms with Gasteiger partial charge < -0.3 is 5.73 Å². The molecule has 1 aliphatic rings. The SMILES string of the molecule is CS(=O)(=O)CCC(N)C1CSCCS1. The lowest BCUT2D eigenvalue weighted by Crippen LogP contribution is -2.37. The van der Waals surface area contributed by atoms with Crippen LogP contribution in [0.4, 0.5) is 0 Å². The monoisotopic (exact) mass is 255 g/mol. The molecule has 84 valence electrons.